The maximum atomic E-state index is 3.62. The number of hydrogen-bond donors (Lipinski definition) is 1. The molecule has 0 aromatic heterocycles. The summed E-state index contributed by atoms with van der Waals surface area (Å²) in [5.41, 5.74) is 2.80. The van der Waals surface area contributed by atoms with Crippen LogP contribution in [0.2, 0.25) is 0 Å². The van der Waals surface area contributed by atoms with Gasteiger partial charge in [0, 0.05) is 16.7 Å². The number of aryl methyl sites for hydroxylation is 1. The molecule has 1 aromatic carbocycles. The van der Waals surface area contributed by atoms with Crippen LogP contribution in [0.25, 0.3) is 0 Å². The molecule has 0 bridgehead atoms. The van der Waals surface area contributed by atoms with Crippen molar-refractivity contribution in [1.82, 2.24) is 0 Å². The molecule has 0 unspecified atom stereocenters. The van der Waals surface area contributed by atoms with E-state index in [1.807, 2.05) is 0 Å². The Morgan fingerprint density at radius 1 is 0.900 bits per heavy atom. The van der Waals surface area contributed by atoms with Crippen LogP contribution < -0.4 is 5.32 Å². The molecule has 0 heterocycles. The van der Waals surface area contributed by atoms with Gasteiger partial charge >= 0.3 is 0 Å². The molecule has 1 N–H and O–H groups in total. The van der Waals surface area contributed by atoms with Gasteiger partial charge in [0.15, 0.2) is 0 Å². The summed E-state index contributed by atoms with van der Waals surface area (Å²) in [7, 11) is 0. The summed E-state index contributed by atoms with van der Waals surface area (Å²) in [6, 6.07) is 6.64. The maximum Gasteiger partial charge on any atom is 0.0373 e. The molecule has 0 saturated carbocycles. The standard InChI is InChI=1S/C18H30BrN/c1-3-5-7-9-11-16-15-17(19)12-13-18(16)20-14-10-8-6-4-2/h12-13,15,20H,3-11,14H2,1-2H3. The molecule has 1 rings (SSSR count). The molecular weight excluding hydrogens is 310 g/mol. The Balaban J connectivity index is 2.42. The van der Waals surface area contributed by atoms with Crippen LogP contribution in [-0.4, -0.2) is 6.54 Å². The van der Waals surface area contributed by atoms with Crippen molar-refractivity contribution >= 4 is 21.6 Å². The SMILES string of the molecule is CCCCCCNc1ccc(Br)cc1CCCCCC. The van der Waals surface area contributed by atoms with E-state index in [4.69, 9.17) is 0 Å². The van der Waals surface area contributed by atoms with E-state index in [9.17, 15) is 0 Å². The Morgan fingerprint density at radius 2 is 1.60 bits per heavy atom. The van der Waals surface area contributed by atoms with Gasteiger partial charge in [0.2, 0.25) is 0 Å². The number of rotatable bonds is 11. The second-order valence-corrected chi connectivity index (χ2v) is 6.52. The molecular formula is C18H30BrN. The van der Waals surface area contributed by atoms with Crippen LogP contribution in [0.1, 0.15) is 70.8 Å². The van der Waals surface area contributed by atoms with Gasteiger partial charge in [-0.05, 0) is 43.0 Å². The highest BCUT2D eigenvalue weighted by Gasteiger charge is 2.03. The molecule has 0 aliphatic heterocycles. The van der Waals surface area contributed by atoms with Crippen LogP contribution in [-0.2, 0) is 6.42 Å². The molecule has 2 heteroatoms. The summed E-state index contributed by atoms with van der Waals surface area (Å²) >= 11 is 3.59. The number of hydrogen-bond acceptors (Lipinski definition) is 1. The van der Waals surface area contributed by atoms with Crippen molar-refractivity contribution in [2.45, 2.75) is 71.6 Å². The van der Waals surface area contributed by atoms with Crippen LogP contribution in [0.15, 0.2) is 22.7 Å². The van der Waals surface area contributed by atoms with Crippen molar-refractivity contribution in [3.05, 3.63) is 28.2 Å². The predicted octanol–water partition coefficient (Wildman–Crippen LogP) is 6.56. The average Bonchev–Trinajstić information content (AvgIpc) is 2.45. The van der Waals surface area contributed by atoms with Crippen molar-refractivity contribution in [1.29, 1.82) is 0 Å². The van der Waals surface area contributed by atoms with E-state index in [0.29, 0.717) is 0 Å². The fraction of sp³-hybridized carbons (Fsp3) is 0.667. The average molecular weight is 340 g/mol. The summed E-state index contributed by atoms with van der Waals surface area (Å²) in [4.78, 5) is 0. The van der Waals surface area contributed by atoms with Crippen molar-refractivity contribution in [3.8, 4) is 0 Å². The van der Waals surface area contributed by atoms with Crippen LogP contribution in [0.3, 0.4) is 0 Å². The molecule has 1 nitrogen and oxygen atoms in total. The molecule has 0 saturated heterocycles. The molecule has 0 radical (unpaired) electrons. The predicted molar refractivity (Wildman–Crippen MR) is 94.6 cm³/mol. The lowest BCUT2D eigenvalue weighted by molar-refractivity contribution is 0.666. The van der Waals surface area contributed by atoms with Gasteiger partial charge < -0.3 is 5.32 Å². The first-order chi connectivity index (χ1) is 9.77. The van der Waals surface area contributed by atoms with Crippen LogP contribution in [0, 0.1) is 0 Å². The maximum absolute atomic E-state index is 3.62. The highest BCUT2D eigenvalue weighted by molar-refractivity contribution is 9.10. The van der Waals surface area contributed by atoms with Gasteiger partial charge in [-0.25, -0.2) is 0 Å². The summed E-state index contributed by atoms with van der Waals surface area (Å²) in [6.45, 7) is 5.63. The van der Waals surface area contributed by atoms with Gasteiger partial charge in [-0.2, -0.15) is 0 Å². The largest absolute Gasteiger partial charge is 0.385 e. The van der Waals surface area contributed by atoms with E-state index in [-0.39, 0.29) is 0 Å². The third kappa shape index (κ3) is 7.33. The minimum absolute atomic E-state index is 1.10. The van der Waals surface area contributed by atoms with E-state index < -0.39 is 0 Å². The van der Waals surface area contributed by atoms with Crippen LogP contribution in [0.5, 0.6) is 0 Å². The summed E-state index contributed by atoms with van der Waals surface area (Å²) < 4.78 is 1.19. The molecule has 0 fully saturated rings. The third-order valence-electron chi connectivity index (χ3n) is 3.71. The van der Waals surface area contributed by atoms with E-state index in [1.165, 1.54) is 73.5 Å². The van der Waals surface area contributed by atoms with Crippen molar-refractivity contribution < 1.29 is 0 Å². The normalized spacial score (nSPS) is 10.8. The number of nitrogens with one attached hydrogen (secondary N) is 1. The van der Waals surface area contributed by atoms with E-state index >= 15 is 0 Å². The number of anilines is 1. The highest BCUT2D eigenvalue weighted by Crippen LogP contribution is 2.23. The number of halogens is 1. The zero-order valence-electron chi connectivity index (χ0n) is 13.2. The van der Waals surface area contributed by atoms with Crippen LogP contribution in [0.4, 0.5) is 5.69 Å². The lowest BCUT2D eigenvalue weighted by atomic mass is 10.0. The first kappa shape index (κ1) is 17.6. The quantitative estimate of drug-likeness (QED) is 0.450. The molecule has 0 spiro atoms. The fourth-order valence-corrected chi connectivity index (χ4v) is 2.87. The molecule has 0 amide bonds. The Kier molecular flexibility index (Phi) is 9.82. The topological polar surface area (TPSA) is 12.0 Å². The lowest BCUT2D eigenvalue weighted by Crippen LogP contribution is -2.04. The van der Waals surface area contributed by atoms with E-state index in [2.05, 4.69) is 53.3 Å². The minimum atomic E-state index is 1.10. The van der Waals surface area contributed by atoms with Gasteiger partial charge in [0.1, 0.15) is 0 Å². The Hall–Kier alpha value is -0.500. The molecule has 20 heavy (non-hydrogen) atoms. The highest BCUT2D eigenvalue weighted by atomic mass is 79.9. The lowest BCUT2D eigenvalue weighted by Gasteiger charge is -2.13. The molecule has 1 aromatic rings. The molecule has 0 aliphatic rings. The Morgan fingerprint density at radius 3 is 2.30 bits per heavy atom. The monoisotopic (exact) mass is 339 g/mol. The van der Waals surface area contributed by atoms with Gasteiger partial charge in [-0.15, -0.1) is 0 Å². The molecule has 114 valence electrons. The van der Waals surface area contributed by atoms with Crippen molar-refractivity contribution in [2.24, 2.45) is 0 Å². The zero-order valence-corrected chi connectivity index (χ0v) is 14.8. The number of unbranched alkanes of at least 4 members (excludes halogenated alkanes) is 6. The van der Waals surface area contributed by atoms with E-state index in [1.54, 1.807) is 0 Å². The summed E-state index contributed by atoms with van der Waals surface area (Å²) in [5, 5.41) is 3.62. The third-order valence-corrected chi connectivity index (χ3v) is 4.21. The first-order valence-corrected chi connectivity index (χ1v) is 9.09. The Bertz CT molecular complexity index is 362. The van der Waals surface area contributed by atoms with Gasteiger partial charge in [0.25, 0.3) is 0 Å². The van der Waals surface area contributed by atoms with Gasteiger partial charge in [-0.3, -0.25) is 0 Å². The van der Waals surface area contributed by atoms with Crippen molar-refractivity contribution in [3.63, 3.8) is 0 Å². The molecule has 0 atom stereocenters. The summed E-state index contributed by atoms with van der Waals surface area (Å²) in [5.74, 6) is 0. The fourth-order valence-electron chi connectivity index (χ4n) is 2.46. The van der Waals surface area contributed by atoms with Crippen LogP contribution >= 0.6 is 15.9 Å². The zero-order chi connectivity index (χ0) is 14.6. The first-order valence-electron chi connectivity index (χ1n) is 8.30. The van der Waals surface area contributed by atoms with Crippen molar-refractivity contribution in [2.75, 3.05) is 11.9 Å². The second-order valence-electron chi connectivity index (χ2n) is 5.60. The molecule has 0 aliphatic carbocycles. The smallest absolute Gasteiger partial charge is 0.0373 e. The van der Waals surface area contributed by atoms with Gasteiger partial charge in [0.05, 0.1) is 0 Å². The second kappa shape index (κ2) is 11.2. The Labute approximate surface area is 133 Å². The number of benzene rings is 1. The van der Waals surface area contributed by atoms with Gasteiger partial charge in [-0.1, -0.05) is 68.3 Å². The summed E-state index contributed by atoms with van der Waals surface area (Å²) in [6.07, 6.45) is 11.8. The minimum Gasteiger partial charge on any atom is -0.385 e. The van der Waals surface area contributed by atoms with E-state index in [0.717, 1.165) is 6.54 Å².